The second-order valence-corrected chi connectivity index (χ2v) is 3.32. The van der Waals surface area contributed by atoms with Crippen molar-refractivity contribution < 1.29 is 15.0 Å². The number of nitrogens with zero attached hydrogens (tertiary/aromatic N) is 1. The first kappa shape index (κ1) is 10.9. The summed E-state index contributed by atoms with van der Waals surface area (Å²) in [5.41, 5.74) is -0.652. The van der Waals surface area contributed by atoms with E-state index < -0.39 is 17.1 Å². The van der Waals surface area contributed by atoms with Gasteiger partial charge in [0.25, 0.3) is 5.56 Å². The second kappa shape index (κ2) is 4.09. The lowest BCUT2D eigenvalue weighted by Crippen LogP contribution is -2.18. The van der Waals surface area contributed by atoms with Crippen LogP contribution in [-0.4, -0.2) is 26.4 Å². The Hall–Kier alpha value is -2.63. The molecule has 3 N–H and O–H groups in total. The van der Waals surface area contributed by atoms with E-state index in [2.05, 4.69) is 10.2 Å². The van der Waals surface area contributed by atoms with Crippen molar-refractivity contribution in [3.8, 4) is 17.0 Å². The number of hydrogen-bond acceptors (Lipinski definition) is 4. The number of aromatic carboxylic acids is 1. The molecule has 1 aromatic heterocycles. The summed E-state index contributed by atoms with van der Waals surface area (Å²) in [5, 5.41) is 24.1. The third kappa shape index (κ3) is 2.00. The molecule has 0 spiro atoms. The molecule has 6 nitrogen and oxygen atoms in total. The van der Waals surface area contributed by atoms with E-state index in [0.717, 1.165) is 6.07 Å². The Morgan fingerprint density at radius 3 is 2.65 bits per heavy atom. The second-order valence-electron chi connectivity index (χ2n) is 3.32. The molecule has 0 aliphatic rings. The van der Waals surface area contributed by atoms with Crippen LogP contribution < -0.4 is 5.56 Å². The van der Waals surface area contributed by atoms with Gasteiger partial charge in [-0.05, 0) is 18.2 Å². The van der Waals surface area contributed by atoms with E-state index in [1.54, 1.807) is 18.2 Å². The molecule has 17 heavy (non-hydrogen) atoms. The van der Waals surface area contributed by atoms with E-state index in [-0.39, 0.29) is 11.4 Å². The van der Waals surface area contributed by atoms with Gasteiger partial charge in [0.15, 0.2) is 0 Å². The monoisotopic (exact) mass is 232 g/mol. The van der Waals surface area contributed by atoms with Crippen molar-refractivity contribution in [2.45, 2.75) is 0 Å². The van der Waals surface area contributed by atoms with Gasteiger partial charge in [0.2, 0.25) is 0 Å². The highest BCUT2D eigenvalue weighted by molar-refractivity contribution is 5.88. The van der Waals surface area contributed by atoms with Gasteiger partial charge in [0.1, 0.15) is 11.3 Å². The Labute approximate surface area is 95.2 Å². The van der Waals surface area contributed by atoms with Crippen LogP contribution >= 0.6 is 0 Å². The Morgan fingerprint density at radius 2 is 2.00 bits per heavy atom. The first-order valence-electron chi connectivity index (χ1n) is 4.71. The minimum absolute atomic E-state index is 0.0385. The molecule has 86 valence electrons. The maximum atomic E-state index is 11.2. The lowest BCUT2D eigenvalue weighted by atomic mass is 10.1. The number of para-hydroxylation sites is 1. The molecule has 2 rings (SSSR count). The zero-order valence-corrected chi connectivity index (χ0v) is 8.54. The average Bonchev–Trinajstić information content (AvgIpc) is 2.30. The van der Waals surface area contributed by atoms with Crippen LogP contribution in [0, 0.1) is 0 Å². The molecule has 0 amide bonds. The van der Waals surface area contributed by atoms with Crippen LogP contribution in [0.4, 0.5) is 0 Å². The van der Waals surface area contributed by atoms with Gasteiger partial charge in [-0.25, -0.2) is 9.89 Å². The number of rotatable bonds is 2. The SMILES string of the molecule is O=C(O)c1cc(-c2ccccc2O)n[nH]c1=O. The molecular weight excluding hydrogens is 224 g/mol. The molecular formula is C11H8N2O4. The molecule has 0 aliphatic heterocycles. The maximum Gasteiger partial charge on any atom is 0.341 e. The molecule has 0 fully saturated rings. The molecule has 1 heterocycles. The highest BCUT2D eigenvalue weighted by atomic mass is 16.4. The number of aromatic hydroxyl groups is 1. The number of hydrogen-bond donors (Lipinski definition) is 3. The van der Waals surface area contributed by atoms with Crippen LogP contribution in [0.25, 0.3) is 11.3 Å². The third-order valence-electron chi connectivity index (χ3n) is 2.21. The van der Waals surface area contributed by atoms with Gasteiger partial charge >= 0.3 is 5.97 Å². The van der Waals surface area contributed by atoms with Crippen LogP contribution in [0.2, 0.25) is 0 Å². The van der Waals surface area contributed by atoms with Gasteiger partial charge in [0.05, 0.1) is 5.69 Å². The van der Waals surface area contributed by atoms with E-state index in [4.69, 9.17) is 5.11 Å². The van der Waals surface area contributed by atoms with Crippen molar-refractivity contribution >= 4 is 5.97 Å². The van der Waals surface area contributed by atoms with Gasteiger partial charge in [-0.2, -0.15) is 5.10 Å². The predicted octanol–water partition coefficient (Wildman–Crippen LogP) is 0.841. The first-order valence-corrected chi connectivity index (χ1v) is 4.71. The Kier molecular flexibility index (Phi) is 2.61. The molecule has 1 aromatic carbocycles. The van der Waals surface area contributed by atoms with E-state index in [1.165, 1.54) is 6.07 Å². The number of phenols is 1. The molecule has 0 radical (unpaired) electrons. The van der Waals surface area contributed by atoms with Crippen LogP contribution in [0.1, 0.15) is 10.4 Å². The van der Waals surface area contributed by atoms with Crippen molar-refractivity contribution in [2.24, 2.45) is 0 Å². The summed E-state index contributed by atoms with van der Waals surface area (Å²) in [6.45, 7) is 0. The summed E-state index contributed by atoms with van der Waals surface area (Å²) in [6, 6.07) is 7.44. The van der Waals surface area contributed by atoms with Crippen molar-refractivity contribution in [3.05, 3.63) is 46.2 Å². The number of carboxylic acids is 1. The largest absolute Gasteiger partial charge is 0.507 e. The van der Waals surface area contributed by atoms with Crippen LogP contribution in [0.3, 0.4) is 0 Å². The standard InChI is InChI=1S/C11H8N2O4/c14-9-4-2-1-3-6(9)8-5-7(11(16)17)10(15)13-12-8/h1-5,14H,(H,13,15)(H,16,17). The quantitative estimate of drug-likeness (QED) is 0.711. The molecule has 0 saturated heterocycles. The van der Waals surface area contributed by atoms with Gasteiger partial charge < -0.3 is 10.2 Å². The Balaban J connectivity index is 2.62. The highest BCUT2D eigenvalue weighted by Crippen LogP contribution is 2.26. The van der Waals surface area contributed by atoms with Gasteiger partial charge in [0, 0.05) is 5.56 Å². The van der Waals surface area contributed by atoms with E-state index in [0.29, 0.717) is 5.56 Å². The minimum atomic E-state index is -1.34. The maximum absolute atomic E-state index is 11.2. The number of carboxylic acid groups (broad SMARTS) is 1. The number of H-pyrrole nitrogens is 1. The fraction of sp³-hybridized carbons (Fsp3) is 0. The van der Waals surface area contributed by atoms with Crippen LogP contribution in [0.15, 0.2) is 35.1 Å². The molecule has 2 aromatic rings. The molecule has 0 bridgehead atoms. The molecule has 0 aliphatic carbocycles. The number of phenolic OH excluding ortho intramolecular Hbond substituents is 1. The van der Waals surface area contributed by atoms with Gasteiger partial charge in [-0.3, -0.25) is 4.79 Å². The van der Waals surface area contributed by atoms with Crippen molar-refractivity contribution in [3.63, 3.8) is 0 Å². The molecule has 6 heteroatoms. The molecule has 0 atom stereocenters. The summed E-state index contributed by atoms with van der Waals surface area (Å²) >= 11 is 0. The van der Waals surface area contributed by atoms with Crippen molar-refractivity contribution in [1.82, 2.24) is 10.2 Å². The first-order chi connectivity index (χ1) is 8.09. The van der Waals surface area contributed by atoms with Gasteiger partial charge in [-0.1, -0.05) is 12.1 Å². The fourth-order valence-electron chi connectivity index (χ4n) is 1.39. The third-order valence-corrected chi connectivity index (χ3v) is 2.21. The Bertz CT molecular complexity index is 633. The number of carbonyl (C=O) groups is 1. The van der Waals surface area contributed by atoms with Crippen molar-refractivity contribution in [1.29, 1.82) is 0 Å². The fourth-order valence-corrected chi connectivity index (χ4v) is 1.39. The summed E-state index contributed by atoms with van der Waals surface area (Å²) in [4.78, 5) is 21.9. The summed E-state index contributed by atoms with van der Waals surface area (Å²) in [5.74, 6) is -1.38. The zero-order valence-electron chi connectivity index (χ0n) is 8.54. The normalized spacial score (nSPS) is 10.1. The average molecular weight is 232 g/mol. The number of nitrogens with one attached hydrogen (secondary N) is 1. The summed E-state index contributed by atoms with van der Waals surface area (Å²) in [6.07, 6.45) is 0. The summed E-state index contributed by atoms with van der Waals surface area (Å²) < 4.78 is 0. The lowest BCUT2D eigenvalue weighted by Gasteiger charge is -2.03. The molecule has 0 unspecified atom stereocenters. The van der Waals surface area contributed by atoms with Crippen LogP contribution in [0.5, 0.6) is 5.75 Å². The predicted molar refractivity (Wildman–Crippen MR) is 58.9 cm³/mol. The van der Waals surface area contributed by atoms with E-state index in [1.807, 2.05) is 0 Å². The minimum Gasteiger partial charge on any atom is -0.507 e. The number of benzene rings is 1. The highest BCUT2D eigenvalue weighted by Gasteiger charge is 2.13. The molecule has 0 saturated carbocycles. The lowest BCUT2D eigenvalue weighted by molar-refractivity contribution is 0.0694. The van der Waals surface area contributed by atoms with Crippen LogP contribution in [-0.2, 0) is 0 Å². The smallest absolute Gasteiger partial charge is 0.341 e. The number of aromatic amines is 1. The Morgan fingerprint density at radius 1 is 1.29 bits per heavy atom. The topological polar surface area (TPSA) is 103 Å². The van der Waals surface area contributed by atoms with E-state index >= 15 is 0 Å². The summed E-state index contributed by atoms with van der Waals surface area (Å²) in [7, 11) is 0. The van der Waals surface area contributed by atoms with E-state index in [9.17, 15) is 14.7 Å². The van der Waals surface area contributed by atoms with Crippen molar-refractivity contribution in [2.75, 3.05) is 0 Å². The van der Waals surface area contributed by atoms with Gasteiger partial charge in [-0.15, -0.1) is 0 Å². The zero-order chi connectivity index (χ0) is 12.4. The number of aromatic nitrogens is 2.